The molecule has 0 aliphatic rings. The number of carbonyl (C=O) groups excluding carboxylic acids is 1. The van der Waals surface area contributed by atoms with Gasteiger partial charge in [-0.3, -0.25) is 9.89 Å². The van der Waals surface area contributed by atoms with Gasteiger partial charge in [-0.2, -0.15) is 5.10 Å². The molecule has 0 atom stereocenters. The smallest absolute Gasteiger partial charge is 0.269 e. The third kappa shape index (κ3) is 2.89. The first-order valence-electron chi connectivity index (χ1n) is 8.02. The second kappa shape index (κ2) is 6.24. The lowest BCUT2D eigenvalue weighted by molar-refractivity contribution is 0.0944. The summed E-state index contributed by atoms with van der Waals surface area (Å²) in [5.41, 5.74) is 4.10. The number of hydrogen-bond donors (Lipinski definition) is 2. The van der Waals surface area contributed by atoms with Gasteiger partial charge in [-0.1, -0.05) is 42.5 Å². The van der Waals surface area contributed by atoms with E-state index in [0.717, 1.165) is 28.1 Å². The van der Waals surface area contributed by atoms with Crippen molar-refractivity contribution < 1.29 is 4.79 Å². The van der Waals surface area contributed by atoms with Crippen LogP contribution in [0.1, 0.15) is 16.3 Å². The van der Waals surface area contributed by atoms with Crippen molar-refractivity contribution in [1.29, 1.82) is 0 Å². The van der Waals surface area contributed by atoms with Crippen molar-refractivity contribution in [2.45, 2.75) is 6.54 Å². The molecule has 2 N–H and O–H groups in total. The van der Waals surface area contributed by atoms with Crippen LogP contribution >= 0.6 is 0 Å². The molecule has 6 heteroatoms. The highest BCUT2D eigenvalue weighted by Crippen LogP contribution is 2.17. The molecule has 2 aromatic carbocycles. The van der Waals surface area contributed by atoms with E-state index in [1.54, 1.807) is 6.07 Å². The summed E-state index contributed by atoms with van der Waals surface area (Å²) >= 11 is 0. The van der Waals surface area contributed by atoms with E-state index >= 15 is 0 Å². The van der Waals surface area contributed by atoms with E-state index in [9.17, 15) is 4.79 Å². The summed E-state index contributed by atoms with van der Waals surface area (Å²) in [5.74, 6) is 0.596. The molecule has 0 unspecified atom stereocenters. The minimum atomic E-state index is -0.207. The van der Waals surface area contributed by atoms with Crippen molar-refractivity contribution in [3.8, 4) is 11.3 Å². The first-order chi connectivity index (χ1) is 12.2. The fourth-order valence-electron chi connectivity index (χ4n) is 2.80. The van der Waals surface area contributed by atoms with Gasteiger partial charge in [-0.15, -0.1) is 0 Å². The second-order valence-corrected chi connectivity index (χ2v) is 5.79. The highest BCUT2D eigenvalue weighted by atomic mass is 16.1. The Balaban J connectivity index is 1.49. The van der Waals surface area contributed by atoms with Gasteiger partial charge in [0.25, 0.3) is 5.91 Å². The van der Waals surface area contributed by atoms with Crippen molar-refractivity contribution in [2.24, 2.45) is 7.05 Å². The molecular weight excluding hydrogens is 314 g/mol. The molecule has 0 spiro atoms. The number of aryl methyl sites for hydroxylation is 1. The van der Waals surface area contributed by atoms with Gasteiger partial charge in [-0.25, -0.2) is 4.98 Å². The maximum Gasteiger partial charge on any atom is 0.269 e. The zero-order valence-electron chi connectivity index (χ0n) is 13.7. The number of para-hydroxylation sites is 2. The monoisotopic (exact) mass is 331 g/mol. The Morgan fingerprint density at radius 1 is 1.12 bits per heavy atom. The number of aromatic nitrogens is 4. The van der Waals surface area contributed by atoms with Gasteiger partial charge in [0.2, 0.25) is 0 Å². The maximum atomic E-state index is 12.4. The van der Waals surface area contributed by atoms with Crippen LogP contribution in [-0.4, -0.2) is 25.7 Å². The van der Waals surface area contributed by atoms with Crippen LogP contribution < -0.4 is 5.32 Å². The average Bonchev–Trinajstić information content (AvgIpc) is 3.26. The molecule has 0 saturated carbocycles. The fourth-order valence-corrected chi connectivity index (χ4v) is 2.80. The number of fused-ring (bicyclic) bond motifs is 1. The Bertz CT molecular complexity index is 1030. The van der Waals surface area contributed by atoms with Crippen LogP contribution in [-0.2, 0) is 13.6 Å². The summed E-state index contributed by atoms with van der Waals surface area (Å²) in [5, 5.41) is 9.89. The van der Waals surface area contributed by atoms with Crippen LogP contribution in [0.4, 0.5) is 0 Å². The van der Waals surface area contributed by atoms with Crippen LogP contribution in [0.2, 0.25) is 0 Å². The van der Waals surface area contributed by atoms with E-state index in [1.165, 1.54) is 0 Å². The molecular formula is C19H17N5O. The fraction of sp³-hybridized carbons (Fsp3) is 0.105. The second-order valence-electron chi connectivity index (χ2n) is 5.79. The van der Waals surface area contributed by atoms with Gasteiger partial charge in [0, 0.05) is 12.6 Å². The lowest BCUT2D eigenvalue weighted by Crippen LogP contribution is -2.24. The number of H-pyrrole nitrogens is 1. The number of imidazole rings is 1. The van der Waals surface area contributed by atoms with Crippen LogP contribution in [0.5, 0.6) is 0 Å². The molecule has 0 aliphatic heterocycles. The molecule has 4 rings (SSSR count). The van der Waals surface area contributed by atoms with Crippen molar-refractivity contribution in [3.63, 3.8) is 0 Å². The molecule has 0 saturated heterocycles. The highest BCUT2D eigenvalue weighted by molar-refractivity contribution is 5.93. The van der Waals surface area contributed by atoms with Crippen LogP contribution in [0.15, 0.2) is 60.7 Å². The molecule has 0 bridgehead atoms. The molecule has 6 nitrogen and oxygen atoms in total. The lowest BCUT2D eigenvalue weighted by atomic mass is 10.1. The quantitative estimate of drug-likeness (QED) is 0.604. The van der Waals surface area contributed by atoms with E-state index in [0.29, 0.717) is 12.2 Å². The lowest BCUT2D eigenvalue weighted by Gasteiger charge is -2.04. The standard InChI is InChI=1S/C19H17N5O/c1-24-17-10-6-5-9-14(17)21-18(24)12-20-19(25)16-11-15(22-23-16)13-7-3-2-4-8-13/h2-11H,12H2,1H3,(H,20,25)(H,22,23). The summed E-state index contributed by atoms with van der Waals surface area (Å²) in [4.78, 5) is 16.9. The topological polar surface area (TPSA) is 75.6 Å². The summed E-state index contributed by atoms with van der Waals surface area (Å²) in [6, 6.07) is 19.4. The number of carbonyl (C=O) groups is 1. The molecule has 4 aromatic rings. The maximum absolute atomic E-state index is 12.4. The molecule has 0 aliphatic carbocycles. The molecule has 0 radical (unpaired) electrons. The van der Waals surface area contributed by atoms with Gasteiger partial charge in [-0.05, 0) is 18.2 Å². The number of nitrogens with zero attached hydrogens (tertiary/aromatic N) is 3. The first-order valence-corrected chi connectivity index (χ1v) is 8.02. The molecule has 1 amide bonds. The highest BCUT2D eigenvalue weighted by Gasteiger charge is 2.13. The van der Waals surface area contributed by atoms with Crippen molar-refractivity contribution in [2.75, 3.05) is 0 Å². The summed E-state index contributed by atoms with van der Waals surface area (Å²) < 4.78 is 1.98. The Hall–Kier alpha value is -3.41. The molecule has 0 fully saturated rings. The van der Waals surface area contributed by atoms with E-state index in [2.05, 4.69) is 20.5 Å². The predicted molar refractivity (Wildman–Crippen MR) is 95.9 cm³/mol. The van der Waals surface area contributed by atoms with Gasteiger partial charge in [0.1, 0.15) is 11.5 Å². The predicted octanol–water partition coefficient (Wildman–Crippen LogP) is 2.89. The number of rotatable bonds is 4. The zero-order chi connectivity index (χ0) is 17.2. The average molecular weight is 331 g/mol. The van der Waals surface area contributed by atoms with Crippen molar-refractivity contribution >= 4 is 16.9 Å². The van der Waals surface area contributed by atoms with Gasteiger partial charge in [0.15, 0.2) is 0 Å². The molecule has 2 aromatic heterocycles. The number of hydrogen-bond acceptors (Lipinski definition) is 3. The number of aromatic amines is 1. The Labute approximate surface area is 144 Å². The third-order valence-electron chi connectivity index (χ3n) is 4.18. The minimum absolute atomic E-state index is 0.207. The summed E-state index contributed by atoms with van der Waals surface area (Å²) in [6.07, 6.45) is 0. The van der Waals surface area contributed by atoms with Crippen molar-refractivity contribution in [1.82, 2.24) is 25.1 Å². The Morgan fingerprint density at radius 2 is 1.88 bits per heavy atom. The molecule has 2 heterocycles. The molecule has 124 valence electrons. The van der Waals surface area contributed by atoms with E-state index in [1.807, 2.05) is 66.2 Å². The van der Waals surface area contributed by atoms with E-state index < -0.39 is 0 Å². The van der Waals surface area contributed by atoms with E-state index in [4.69, 9.17) is 0 Å². The number of nitrogens with one attached hydrogen (secondary N) is 2. The largest absolute Gasteiger partial charge is 0.343 e. The zero-order valence-corrected chi connectivity index (χ0v) is 13.7. The van der Waals surface area contributed by atoms with Crippen LogP contribution in [0, 0.1) is 0 Å². The number of amides is 1. The third-order valence-corrected chi connectivity index (χ3v) is 4.18. The summed E-state index contributed by atoms with van der Waals surface area (Å²) in [7, 11) is 1.94. The van der Waals surface area contributed by atoms with Crippen LogP contribution in [0.3, 0.4) is 0 Å². The first kappa shape index (κ1) is 15.1. The molecule has 25 heavy (non-hydrogen) atoms. The van der Waals surface area contributed by atoms with Gasteiger partial charge < -0.3 is 9.88 Å². The van der Waals surface area contributed by atoms with Crippen LogP contribution in [0.25, 0.3) is 22.3 Å². The SMILES string of the molecule is Cn1c(CNC(=O)c2cc(-c3ccccc3)n[nH]2)nc2ccccc21. The minimum Gasteiger partial charge on any atom is -0.343 e. The Morgan fingerprint density at radius 3 is 2.68 bits per heavy atom. The Kier molecular flexibility index (Phi) is 3.78. The summed E-state index contributed by atoms with van der Waals surface area (Å²) in [6.45, 7) is 0.351. The normalized spacial score (nSPS) is 10.9. The van der Waals surface area contributed by atoms with Crippen molar-refractivity contribution in [3.05, 3.63) is 72.2 Å². The van der Waals surface area contributed by atoms with E-state index in [-0.39, 0.29) is 5.91 Å². The van der Waals surface area contributed by atoms with Gasteiger partial charge in [0.05, 0.1) is 23.3 Å². The number of benzene rings is 2. The van der Waals surface area contributed by atoms with Gasteiger partial charge >= 0.3 is 0 Å².